The van der Waals surface area contributed by atoms with Gasteiger partial charge in [-0.05, 0) is 29.4 Å². The largest absolute Gasteiger partial charge is 0.481 e. The summed E-state index contributed by atoms with van der Waals surface area (Å²) >= 11 is 0. The van der Waals surface area contributed by atoms with E-state index in [-0.39, 0.29) is 11.3 Å². The molecular formula is C15H22O2. The summed E-state index contributed by atoms with van der Waals surface area (Å²) in [6.45, 7) is 8.33. The van der Waals surface area contributed by atoms with Crippen LogP contribution in [0.3, 0.4) is 0 Å². The highest BCUT2D eigenvalue weighted by Crippen LogP contribution is 2.27. The Morgan fingerprint density at radius 2 is 1.88 bits per heavy atom. The summed E-state index contributed by atoms with van der Waals surface area (Å²) in [5.74, 6) is -0.985. The van der Waals surface area contributed by atoms with Gasteiger partial charge in [0.2, 0.25) is 0 Å². The first-order valence-electron chi connectivity index (χ1n) is 6.13. The normalized spacial score (nSPS) is 13.4. The molecule has 1 aromatic carbocycles. The monoisotopic (exact) mass is 234 g/mol. The van der Waals surface area contributed by atoms with Crippen LogP contribution in [0.15, 0.2) is 24.3 Å². The molecule has 0 amide bonds. The molecule has 0 bridgehead atoms. The van der Waals surface area contributed by atoms with Gasteiger partial charge in [0, 0.05) is 0 Å². The molecule has 0 radical (unpaired) electrons. The van der Waals surface area contributed by atoms with Crippen LogP contribution in [-0.4, -0.2) is 11.1 Å². The Bertz CT molecular complexity index is 388. The minimum absolute atomic E-state index is 0.114. The highest BCUT2D eigenvalue weighted by molar-refractivity contribution is 5.69. The highest BCUT2D eigenvalue weighted by atomic mass is 16.4. The average Bonchev–Trinajstić information content (AvgIpc) is 2.24. The fraction of sp³-hybridized carbons (Fsp3) is 0.533. The zero-order valence-electron chi connectivity index (χ0n) is 11.2. The quantitative estimate of drug-likeness (QED) is 0.863. The zero-order chi connectivity index (χ0) is 13.1. The Balaban J connectivity index is 2.81. The van der Waals surface area contributed by atoms with Crippen molar-refractivity contribution in [2.45, 2.75) is 46.0 Å². The third-order valence-corrected chi connectivity index (χ3v) is 3.09. The molecule has 0 aliphatic rings. The molecule has 0 aliphatic carbocycles. The molecule has 1 unspecified atom stereocenters. The summed E-state index contributed by atoms with van der Waals surface area (Å²) in [6, 6.07) is 8.32. The molecule has 0 aromatic heterocycles. The van der Waals surface area contributed by atoms with Crippen LogP contribution in [0, 0.1) is 5.92 Å². The lowest BCUT2D eigenvalue weighted by Crippen LogP contribution is -2.16. The maximum atomic E-state index is 10.8. The van der Waals surface area contributed by atoms with Crippen molar-refractivity contribution in [2.75, 3.05) is 0 Å². The van der Waals surface area contributed by atoms with Crippen molar-refractivity contribution in [3.63, 3.8) is 0 Å². The number of rotatable bonds is 4. The topological polar surface area (TPSA) is 37.3 Å². The number of carbonyl (C=O) groups is 1. The molecule has 2 heteroatoms. The van der Waals surface area contributed by atoms with E-state index in [9.17, 15) is 4.79 Å². The van der Waals surface area contributed by atoms with Gasteiger partial charge in [-0.1, -0.05) is 52.0 Å². The predicted molar refractivity (Wildman–Crippen MR) is 70.3 cm³/mol. The zero-order valence-corrected chi connectivity index (χ0v) is 11.2. The van der Waals surface area contributed by atoms with Crippen molar-refractivity contribution in [2.24, 2.45) is 5.92 Å². The molecule has 0 saturated heterocycles. The first-order valence-corrected chi connectivity index (χ1v) is 6.13. The van der Waals surface area contributed by atoms with Gasteiger partial charge in [-0.25, -0.2) is 0 Å². The lowest BCUT2D eigenvalue weighted by atomic mass is 9.82. The number of hydrogen-bond donors (Lipinski definition) is 1. The second-order valence-corrected chi connectivity index (χ2v) is 5.69. The SMILES string of the molecule is CC(CCc1ccccc1C(C)(C)C)C(=O)O. The van der Waals surface area contributed by atoms with E-state index < -0.39 is 5.97 Å². The summed E-state index contributed by atoms with van der Waals surface area (Å²) in [6.07, 6.45) is 1.53. The molecular weight excluding hydrogens is 212 g/mol. The van der Waals surface area contributed by atoms with Crippen molar-refractivity contribution < 1.29 is 9.90 Å². The van der Waals surface area contributed by atoms with Crippen LogP contribution in [0.25, 0.3) is 0 Å². The van der Waals surface area contributed by atoms with Crippen molar-refractivity contribution in [1.29, 1.82) is 0 Å². The van der Waals surface area contributed by atoms with Crippen LogP contribution in [-0.2, 0) is 16.6 Å². The van der Waals surface area contributed by atoms with Gasteiger partial charge in [0.05, 0.1) is 5.92 Å². The van der Waals surface area contributed by atoms with E-state index in [1.807, 2.05) is 12.1 Å². The fourth-order valence-corrected chi connectivity index (χ4v) is 1.97. The molecule has 0 spiro atoms. The van der Waals surface area contributed by atoms with Crippen LogP contribution < -0.4 is 0 Å². The molecule has 17 heavy (non-hydrogen) atoms. The molecule has 1 aromatic rings. The second-order valence-electron chi connectivity index (χ2n) is 5.69. The molecule has 1 atom stereocenters. The predicted octanol–water partition coefficient (Wildman–Crippen LogP) is 3.64. The van der Waals surface area contributed by atoms with Gasteiger partial charge >= 0.3 is 5.97 Å². The van der Waals surface area contributed by atoms with Gasteiger partial charge < -0.3 is 5.11 Å². The van der Waals surface area contributed by atoms with Crippen LogP contribution in [0.5, 0.6) is 0 Å². The van der Waals surface area contributed by atoms with E-state index >= 15 is 0 Å². The van der Waals surface area contributed by atoms with Gasteiger partial charge in [0.1, 0.15) is 0 Å². The molecule has 0 saturated carbocycles. The summed E-state index contributed by atoms with van der Waals surface area (Å²) in [5.41, 5.74) is 2.70. The Hall–Kier alpha value is -1.31. The first kappa shape index (κ1) is 13.8. The Kier molecular flexibility index (Phi) is 4.33. The number of hydrogen-bond acceptors (Lipinski definition) is 1. The number of carboxylic acids is 1. The third kappa shape index (κ3) is 3.88. The minimum Gasteiger partial charge on any atom is -0.481 e. The fourth-order valence-electron chi connectivity index (χ4n) is 1.97. The minimum atomic E-state index is -0.710. The van der Waals surface area contributed by atoms with E-state index in [0.717, 1.165) is 6.42 Å². The summed E-state index contributed by atoms with van der Waals surface area (Å²) in [4.78, 5) is 10.8. The average molecular weight is 234 g/mol. The summed E-state index contributed by atoms with van der Waals surface area (Å²) < 4.78 is 0. The number of carboxylic acid groups (broad SMARTS) is 1. The van der Waals surface area contributed by atoms with Crippen molar-refractivity contribution >= 4 is 5.97 Å². The van der Waals surface area contributed by atoms with Gasteiger partial charge in [0.15, 0.2) is 0 Å². The summed E-state index contributed by atoms with van der Waals surface area (Å²) in [5, 5.41) is 8.89. The lowest BCUT2D eigenvalue weighted by Gasteiger charge is -2.23. The van der Waals surface area contributed by atoms with Gasteiger partial charge in [-0.3, -0.25) is 4.79 Å². The van der Waals surface area contributed by atoms with Crippen LogP contribution >= 0.6 is 0 Å². The van der Waals surface area contributed by atoms with E-state index in [2.05, 4.69) is 32.9 Å². The smallest absolute Gasteiger partial charge is 0.306 e. The van der Waals surface area contributed by atoms with Gasteiger partial charge in [0.25, 0.3) is 0 Å². The second kappa shape index (κ2) is 5.35. The number of aryl methyl sites for hydroxylation is 1. The molecule has 0 aliphatic heterocycles. The van der Waals surface area contributed by atoms with Crippen LogP contribution in [0.1, 0.15) is 45.2 Å². The molecule has 0 heterocycles. The van der Waals surface area contributed by atoms with Gasteiger partial charge in [-0.15, -0.1) is 0 Å². The molecule has 1 rings (SSSR count). The molecule has 94 valence electrons. The first-order chi connectivity index (χ1) is 7.82. The number of aliphatic carboxylic acids is 1. The third-order valence-electron chi connectivity index (χ3n) is 3.09. The van der Waals surface area contributed by atoms with Crippen molar-refractivity contribution in [3.05, 3.63) is 35.4 Å². The Labute approximate surface area is 104 Å². The van der Waals surface area contributed by atoms with E-state index in [0.29, 0.717) is 6.42 Å². The molecule has 1 N–H and O–H groups in total. The maximum absolute atomic E-state index is 10.8. The standard InChI is InChI=1S/C15H22O2/c1-11(14(16)17)9-10-12-7-5-6-8-13(12)15(2,3)4/h5-8,11H,9-10H2,1-4H3,(H,16,17). The van der Waals surface area contributed by atoms with Crippen molar-refractivity contribution in [3.8, 4) is 0 Å². The highest BCUT2D eigenvalue weighted by Gasteiger charge is 2.18. The Morgan fingerprint density at radius 3 is 2.41 bits per heavy atom. The van der Waals surface area contributed by atoms with E-state index in [4.69, 9.17) is 5.11 Å². The van der Waals surface area contributed by atoms with Crippen LogP contribution in [0.2, 0.25) is 0 Å². The van der Waals surface area contributed by atoms with E-state index in [1.165, 1.54) is 11.1 Å². The maximum Gasteiger partial charge on any atom is 0.306 e. The molecule has 0 fully saturated rings. The molecule has 2 nitrogen and oxygen atoms in total. The van der Waals surface area contributed by atoms with Crippen molar-refractivity contribution in [1.82, 2.24) is 0 Å². The lowest BCUT2D eigenvalue weighted by molar-refractivity contribution is -0.141. The Morgan fingerprint density at radius 1 is 1.29 bits per heavy atom. The van der Waals surface area contributed by atoms with E-state index in [1.54, 1.807) is 6.92 Å². The number of benzene rings is 1. The summed E-state index contributed by atoms with van der Waals surface area (Å²) in [7, 11) is 0. The van der Waals surface area contributed by atoms with Crippen LogP contribution in [0.4, 0.5) is 0 Å². The van der Waals surface area contributed by atoms with Gasteiger partial charge in [-0.2, -0.15) is 0 Å².